The average molecular weight is 1020 g/mol. The average Bonchev–Trinajstić information content (AvgIpc) is 3.42. The Morgan fingerprint density at radius 3 is 1.95 bits per heavy atom. The summed E-state index contributed by atoms with van der Waals surface area (Å²) in [7, 11) is 3.13. The van der Waals surface area contributed by atoms with Crippen LogP contribution in [-0.2, 0) is 35.7 Å². The van der Waals surface area contributed by atoms with E-state index < -0.39 is 29.5 Å². The lowest BCUT2D eigenvalue weighted by Crippen LogP contribution is -2.42. The molecular weight excluding hydrogens is 959 g/mol. The fraction of sp³-hybridized carbons (Fsp3) is 0.276. The van der Waals surface area contributed by atoms with E-state index in [0.717, 1.165) is 23.1 Å². The highest BCUT2D eigenvalue weighted by Crippen LogP contribution is 2.36. The van der Waals surface area contributed by atoms with Gasteiger partial charge in [-0.1, -0.05) is 87.5 Å². The van der Waals surface area contributed by atoms with Crippen LogP contribution < -0.4 is 40.8 Å². The van der Waals surface area contributed by atoms with Gasteiger partial charge in [-0.05, 0) is 106 Å². The minimum atomic E-state index is -0.988. The number of anilines is 2. The second-order valence-corrected chi connectivity index (χ2v) is 17.8. The Kier molecular flexibility index (Phi) is 20.4. The van der Waals surface area contributed by atoms with Crippen LogP contribution in [0.3, 0.4) is 0 Å². The van der Waals surface area contributed by atoms with E-state index in [4.69, 9.17) is 23.7 Å². The molecule has 0 aromatic heterocycles. The molecule has 0 aliphatic carbocycles. The van der Waals surface area contributed by atoms with E-state index >= 15 is 0 Å². The molecular formula is C58H63N5O12. The molecule has 17 heteroatoms. The summed E-state index contributed by atoms with van der Waals surface area (Å²) in [5, 5.41) is 23.2. The van der Waals surface area contributed by atoms with Crippen LogP contribution in [0.15, 0.2) is 133 Å². The van der Waals surface area contributed by atoms with Crippen molar-refractivity contribution in [1.29, 1.82) is 0 Å². The van der Waals surface area contributed by atoms with Crippen molar-refractivity contribution >= 4 is 46.8 Å². The molecule has 0 heterocycles. The van der Waals surface area contributed by atoms with E-state index in [1.807, 2.05) is 72.8 Å². The van der Waals surface area contributed by atoms with Crippen LogP contribution in [0.2, 0.25) is 0 Å². The first-order chi connectivity index (χ1) is 36.2. The Bertz CT molecular complexity index is 2960. The number of amides is 4. The number of ether oxygens (including phenoxy) is 5. The topological polar surface area (TPSA) is 229 Å². The second kappa shape index (κ2) is 27.5. The lowest BCUT2D eigenvalue weighted by atomic mass is 9.82. The summed E-state index contributed by atoms with van der Waals surface area (Å²) in [5.74, 6) is -1.17. The number of rotatable bonds is 28. The van der Waals surface area contributed by atoms with E-state index in [2.05, 4.69) is 47.4 Å². The largest absolute Gasteiger partial charge is 0.496 e. The molecule has 6 rings (SSSR count). The first-order valence-corrected chi connectivity index (χ1v) is 24.4. The fourth-order valence-corrected chi connectivity index (χ4v) is 7.63. The number of ketones is 1. The van der Waals surface area contributed by atoms with Gasteiger partial charge in [0, 0.05) is 18.5 Å². The molecule has 0 fully saturated rings. The van der Waals surface area contributed by atoms with Gasteiger partial charge in [0.25, 0.3) is 11.8 Å². The van der Waals surface area contributed by atoms with Crippen LogP contribution in [0, 0.1) is 0 Å². The number of carbonyl (C=O) groups excluding carboxylic acids is 5. The third kappa shape index (κ3) is 16.5. The Morgan fingerprint density at radius 1 is 0.560 bits per heavy atom. The van der Waals surface area contributed by atoms with Crippen LogP contribution in [0.4, 0.5) is 11.4 Å². The lowest BCUT2D eigenvalue weighted by Gasteiger charge is -2.23. The van der Waals surface area contributed by atoms with Gasteiger partial charge in [-0.25, -0.2) is 4.79 Å². The third-order valence-corrected chi connectivity index (χ3v) is 12.3. The summed E-state index contributed by atoms with van der Waals surface area (Å²) in [6.07, 6.45) is 1.38. The number of hydrogen-bond acceptors (Lipinski definition) is 12. The van der Waals surface area contributed by atoms with Crippen LogP contribution in [0.1, 0.15) is 75.0 Å². The third-order valence-electron chi connectivity index (χ3n) is 12.3. The highest BCUT2D eigenvalue weighted by atomic mass is 16.5. The van der Waals surface area contributed by atoms with Gasteiger partial charge in [-0.2, -0.15) is 0 Å². The molecule has 17 nitrogen and oxygen atoms in total. The molecule has 0 bridgehead atoms. The molecule has 0 radical (unpaired) electrons. The number of aromatic carboxylic acids is 1. The second-order valence-electron chi connectivity index (χ2n) is 17.8. The molecule has 0 spiro atoms. The predicted molar refractivity (Wildman–Crippen MR) is 285 cm³/mol. The number of para-hydroxylation sites is 1. The van der Waals surface area contributed by atoms with Crippen LogP contribution >= 0.6 is 0 Å². The van der Waals surface area contributed by atoms with Crippen molar-refractivity contribution in [2.75, 3.05) is 72.1 Å². The van der Waals surface area contributed by atoms with Gasteiger partial charge in [-0.3, -0.25) is 24.0 Å². The van der Waals surface area contributed by atoms with Gasteiger partial charge in [0.15, 0.2) is 5.78 Å². The molecule has 75 heavy (non-hydrogen) atoms. The highest BCUT2D eigenvalue weighted by molar-refractivity contribution is 6.01. The summed E-state index contributed by atoms with van der Waals surface area (Å²) in [4.78, 5) is 74.7. The zero-order valence-corrected chi connectivity index (χ0v) is 42.7. The van der Waals surface area contributed by atoms with Crippen molar-refractivity contribution in [3.63, 3.8) is 0 Å². The monoisotopic (exact) mass is 1020 g/mol. The molecule has 6 N–H and O–H groups in total. The van der Waals surface area contributed by atoms with Gasteiger partial charge in [0.2, 0.25) is 11.8 Å². The van der Waals surface area contributed by atoms with Crippen molar-refractivity contribution in [1.82, 2.24) is 21.3 Å². The number of carboxylic acid groups (broad SMARTS) is 1. The number of hydrogen-bond donors (Lipinski definition) is 6. The van der Waals surface area contributed by atoms with E-state index in [1.54, 1.807) is 74.9 Å². The summed E-state index contributed by atoms with van der Waals surface area (Å²) >= 11 is 0. The molecule has 0 unspecified atom stereocenters. The molecule has 4 amide bonds. The highest BCUT2D eigenvalue weighted by Gasteiger charge is 2.19. The number of benzene rings is 6. The van der Waals surface area contributed by atoms with Crippen molar-refractivity contribution in [2.24, 2.45) is 0 Å². The van der Waals surface area contributed by atoms with Crippen molar-refractivity contribution in [3.05, 3.63) is 167 Å². The van der Waals surface area contributed by atoms with E-state index in [9.17, 15) is 33.9 Å². The van der Waals surface area contributed by atoms with Gasteiger partial charge in [0.05, 0.1) is 76.2 Å². The van der Waals surface area contributed by atoms with Gasteiger partial charge in [-0.15, -0.1) is 0 Å². The standard InChI is InChI=1S/C58H63N5O12/c1-6-58(2,3)43-21-23-45(24-22-43)75-46-14-11-13-42(31-46)55(67)62-36-53(65)60-34-44(64)35-61-54(66)37-74-29-28-73-27-26-59-56(68)48-16-9-10-17-49(48)63-50-25-20-39(33-52(50)72-5)38-18-19-41(51(32-38)71-4)30-40-12-7-8-15-47(40)57(69)70/h7-25,31-33,63H,6,26-30,34-37H2,1-5H3,(H,59,68)(H,60,65)(H,61,66)(H,62,67)(H,69,70). The molecule has 6 aromatic rings. The quantitative estimate of drug-likeness (QED) is 0.0257. The van der Waals surface area contributed by atoms with Gasteiger partial charge >= 0.3 is 5.97 Å². The zero-order valence-electron chi connectivity index (χ0n) is 42.7. The van der Waals surface area contributed by atoms with Crippen molar-refractivity contribution < 1.29 is 57.6 Å². The number of Topliss-reactive ketones (excluding diaryl/α,β-unsaturated/α-hetero) is 1. The Hall–Kier alpha value is -8.54. The van der Waals surface area contributed by atoms with Crippen LogP contribution in [-0.4, -0.2) is 107 Å². The Morgan fingerprint density at radius 2 is 1.23 bits per heavy atom. The normalized spacial score (nSPS) is 10.9. The number of carboxylic acids is 1. The number of methoxy groups -OCH3 is 2. The molecule has 0 aliphatic heterocycles. The van der Waals surface area contributed by atoms with E-state index in [-0.39, 0.29) is 69.5 Å². The number of carbonyl (C=O) groups is 6. The molecule has 6 aromatic carbocycles. The van der Waals surface area contributed by atoms with Gasteiger partial charge in [0.1, 0.15) is 29.6 Å². The molecule has 392 valence electrons. The minimum Gasteiger partial charge on any atom is -0.496 e. The smallest absolute Gasteiger partial charge is 0.335 e. The van der Waals surface area contributed by atoms with E-state index in [0.29, 0.717) is 57.5 Å². The first kappa shape index (κ1) is 55.8. The van der Waals surface area contributed by atoms with Crippen molar-refractivity contribution in [2.45, 2.75) is 39.0 Å². The van der Waals surface area contributed by atoms with Gasteiger partial charge < -0.3 is 55.4 Å². The van der Waals surface area contributed by atoms with Crippen LogP contribution in [0.25, 0.3) is 11.1 Å². The first-order valence-electron chi connectivity index (χ1n) is 24.4. The summed E-state index contributed by atoms with van der Waals surface area (Å²) in [5.41, 5.74) is 6.56. The Labute approximate surface area is 436 Å². The SMILES string of the molecule is CCC(C)(C)c1ccc(Oc2cccc(C(=O)NCC(=O)NCC(=O)CNC(=O)COCCOCCNC(=O)c3ccccc3Nc3ccc(-c4ccc(Cc5ccccc5C(=O)O)c(OC)c4)cc3OC)c2)cc1. The maximum atomic E-state index is 13.3. The number of nitrogens with one attached hydrogen (secondary N) is 5. The summed E-state index contributed by atoms with van der Waals surface area (Å²) in [6.45, 7) is 5.71. The molecule has 0 saturated heterocycles. The lowest BCUT2D eigenvalue weighted by molar-refractivity contribution is -0.129. The summed E-state index contributed by atoms with van der Waals surface area (Å²) < 4.78 is 28.3. The molecule has 0 atom stereocenters. The Balaban J connectivity index is 0.842. The maximum Gasteiger partial charge on any atom is 0.335 e. The molecule has 0 aliphatic rings. The zero-order chi connectivity index (χ0) is 53.7. The summed E-state index contributed by atoms with van der Waals surface area (Å²) in [6, 6.07) is 39.7. The van der Waals surface area contributed by atoms with E-state index in [1.165, 1.54) is 5.56 Å². The maximum absolute atomic E-state index is 13.3. The van der Waals surface area contributed by atoms with Crippen molar-refractivity contribution in [3.8, 4) is 34.1 Å². The minimum absolute atomic E-state index is 0.0429. The molecule has 0 saturated carbocycles. The van der Waals surface area contributed by atoms with Crippen LogP contribution in [0.5, 0.6) is 23.0 Å². The predicted octanol–water partition coefficient (Wildman–Crippen LogP) is 7.88. The fourth-order valence-electron chi connectivity index (χ4n) is 7.63.